The summed E-state index contributed by atoms with van der Waals surface area (Å²) in [5.41, 5.74) is 18.3. The Morgan fingerprint density at radius 1 is 0.545 bits per heavy atom. The van der Waals surface area contributed by atoms with E-state index in [4.69, 9.17) is 4.42 Å². The van der Waals surface area contributed by atoms with Gasteiger partial charge in [0, 0.05) is 33.5 Å². The van der Waals surface area contributed by atoms with Crippen LogP contribution in [0.5, 0.6) is 0 Å². The molecule has 0 spiro atoms. The van der Waals surface area contributed by atoms with Gasteiger partial charge in [-0.05, 0) is 123 Å². The van der Waals surface area contributed by atoms with Crippen molar-refractivity contribution in [1.82, 2.24) is 0 Å². The number of aryl methyl sites for hydroxylation is 1. The van der Waals surface area contributed by atoms with Crippen LogP contribution in [-0.2, 0) is 10.8 Å². The van der Waals surface area contributed by atoms with E-state index in [0.29, 0.717) is 0 Å². The lowest BCUT2D eigenvalue weighted by molar-refractivity contribution is 0.332. The summed E-state index contributed by atoms with van der Waals surface area (Å²) in [6.45, 7) is 11.8. The van der Waals surface area contributed by atoms with Gasteiger partial charge in [0.15, 0.2) is 0 Å². The fraction of sp³-hybridized carbons (Fsp3) is 0.176. The third-order valence-electron chi connectivity index (χ3n) is 12.9. The zero-order valence-corrected chi connectivity index (χ0v) is 32.2. The van der Waals surface area contributed by atoms with Gasteiger partial charge in [-0.25, -0.2) is 0 Å². The normalized spacial score (nSPS) is 16.1. The number of furan rings is 1. The fourth-order valence-corrected chi connectivity index (χ4v) is 10.1. The van der Waals surface area contributed by atoms with Crippen molar-refractivity contribution in [3.63, 3.8) is 0 Å². The van der Waals surface area contributed by atoms with Crippen LogP contribution in [0, 0.1) is 6.92 Å². The number of fused-ring (bicyclic) bond motifs is 8. The van der Waals surface area contributed by atoms with E-state index in [1.165, 1.54) is 72.0 Å². The van der Waals surface area contributed by atoms with Gasteiger partial charge in [-0.3, -0.25) is 0 Å². The molecule has 0 amide bonds. The lowest BCUT2D eigenvalue weighted by Crippen LogP contribution is -2.61. The molecule has 3 heterocycles. The Balaban J connectivity index is 1.28. The Bertz CT molecular complexity index is 2850. The van der Waals surface area contributed by atoms with E-state index in [0.717, 1.165) is 41.1 Å². The van der Waals surface area contributed by atoms with Crippen LogP contribution in [-0.4, -0.2) is 6.71 Å². The molecule has 0 atom stereocenters. The second-order valence-electron chi connectivity index (χ2n) is 17.2. The van der Waals surface area contributed by atoms with E-state index < -0.39 is 0 Å². The topological polar surface area (TPSA) is 19.6 Å². The van der Waals surface area contributed by atoms with Crippen LogP contribution < -0.4 is 26.4 Å². The highest BCUT2D eigenvalue weighted by Crippen LogP contribution is 2.52. The summed E-state index contributed by atoms with van der Waals surface area (Å²) >= 11 is 0. The smallest absolute Gasteiger partial charge is 0.297 e. The standard InChI is InChI=1S/C51H43BN2O/c1-32-28-44-47-45(29-32)54(42-25-24-35(33-16-8-6-9-17-33)36-20-12-13-21-37(36)42)48-38-30-39-40(51(4,5)27-26-50(39,2)3)31-46(38)55-49(48)52(47)41-22-14-15-23-43(41)53(44)34-18-10-7-11-19-34/h6-25,28-31H,26-27H2,1-5H3. The summed E-state index contributed by atoms with van der Waals surface area (Å²) < 4.78 is 7.39. The Morgan fingerprint density at radius 3 is 1.91 bits per heavy atom. The molecule has 0 radical (unpaired) electrons. The number of benzene rings is 7. The molecule has 3 aliphatic rings. The molecule has 1 aliphatic carbocycles. The summed E-state index contributed by atoms with van der Waals surface area (Å²) in [7, 11) is 0. The van der Waals surface area contributed by atoms with Crippen LogP contribution >= 0.6 is 0 Å². The van der Waals surface area contributed by atoms with Crippen molar-refractivity contribution in [1.29, 1.82) is 0 Å². The van der Waals surface area contributed by atoms with Crippen LogP contribution in [0.4, 0.5) is 34.1 Å². The van der Waals surface area contributed by atoms with Crippen LogP contribution in [0.1, 0.15) is 57.2 Å². The molecule has 0 saturated heterocycles. The molecule has 0 saturated carbocycles. The van der Waals surface area contributed by atoms with Crippen LogP contribution in [0.15, 0.2) is 150 Å². The van der Waals surface area contributed by atoms with Crippen molar-refractivity contribution < 1.29 is 4.42 Å². The number of anilines is 6. The van der Waals surface area contributed by atoms with Gasteiger partial charge in [0.25, 0.3) is 6.71 Å². The summed E-state index contributed by atoms with van der Waals surface area (Å²) in [6.07, 6.45) is 2.31. The van der Waals surface area contributed by atoms with Gasteiger partial charge >= 0.3 is 0 Å². The first kappa shape index (κ1) is 32.4. The van der Waals surface area contributed by atoms with Crippen molar-refractivity contribution in [2.24, 2.45) is 0 Å². The lowest BCUT2D eigenvalue weighted by atomic mass is 9.35. The maximum Gasteiger partial charge on any atom is 0.297 e. The third kappa shape index (κ3) is 4.64. The van der Waals surface area contributed by atoms with E-state index >= 15 is 0 Å². The van der Waals surface area contributed by atoms with E-state index in [2.05, 4.69) is 190 Å². The molecular formula is C51H43BN2O. The maximum absolute atomic E-state index is 7.39. The highest BCUT2D eigenvalue weighted by molar-refractivity contribution is 7.00. The molecule has 266 valence electrons. The average molecular weight is 711 g/mol. The van der Waals surface area contributed by atoms with Gasteiger partial charge in [-0.2, -0.15) is 0 Å². The highest BCUT2D eigenvalue weighted by Gasteiger charge is 2.48. The molecule has 11 rings (SSSR count). The van der Waals surface area contributed by atoms with Gasteiger partial charge in [-0.1, -0.05) is 125 Å². The molecule has 0 N–H and O–H groups in total. The molecule has 3 nitrogen and oxygen atoms in total. The fourth-order valence-electron chi connectivity index (χ4n) is 10.1. The van der Waals surface area contributed by atoms with Crippen molar-refractivity contribution in [2.75, 3.05) is 9.80 Å². The van der Waals surface area contributed by atoms with Crippen molar-refractivity contribution in [3.05, 3.63) is 162 Å². The zero-order chi connectivity index (χ0) is 37.2. The number of nitrogens with zero attached hydrogens (tertiary/aromatic N) is 2. The Kier molecular flexibility index (Phi) is 6.79. The summed E-state index contributed by atoms with van der Waals surface area (Å²) in [5.74, 6) is 0. The second kappa shape index (κ2) is 11.5. The lowest BCUT2D eigenvalue weighted by Gasteiger charge is -2.43. The minimum atomic E-state index is -0.0756. The molecule has 0 bridgehead atoms. The molecule has 1 aromatic heterocycles. The summed E-state index contributed by atoms with van der Waals surface area (Å²) in [5, 5.41) is 3.64. The van der Waals surface area contributed by atoms with E-state index in [1.54, 1.807) is 0 Å². The van der Waals surface area contributed by atoms with Crippen LogP contribution in [0.3, 0.4) is 0 Å². The molecule has 4 heteroatoms. The molecule has 7 aromatic carbocycles. The van der Waals surface area contributed by atoms with Gasteiger partial charge in [-0.15, -0.1) is 0 Å². The first-order valence-electron chi connectivity index (χ1n) is 19.8. The molecule has 8 aromatic rings. The summed E-state index contributed by atoms with van der Waals surface area (Å²) in [4.78, 5) is 5.02. The molecule has 0 fully saturated rings. The Labute approximate surface area is 323 Å². The maximum atomic E-state index is 7.39. The van der Waals surface area contributed by atoms with E-state index in [9.17, 15) is 0 Å². The third-order valence-corrected chi connectivity index (χ3v) is 12.9. The number of rotatable bonds is 3. The zero-order valence-electron chi connectivity index (χ0n) is 32.2. The Morgan fingerprint density at radius 2 is 1.16 bits per heavy atom. The van der Waals surface area contributed by atoms with Crippen molar-refractivity contribution >= 4 is 79.2 Å². The van der Waals surface area contributed by atoms with Gasteiger partial charge in [0.1, 0.15) is 5.58 Å². The molecular weight excluding hydrogens is 667 g/mol. The highest BCUT2D eigenvalue weighted by atomic mass is 16.3. The van der Waals surface area contributed by atoms with Gasteiger partial charge in [0.2, 0.25) is 0 Å². The first-order chi connectivity index (χ1) is 26.7. The van der Waals surface area contributed by atoms with Gasteiger partial charge < -0.3 is 14.2 Å². The van der Waals surface area contributed by atoms with Crippen molar-refractivity contribution in [3.8, 4) is 11.1 Å². The van der Waals surface area contributed by atoms with Gasteiger partial charge in [0.05, 0.1) is 17.0 Å². The van der Waals surface area contributed by atoms with E-state index in [-0.39, 0.29) is 17.5 Å². The number of para-hydroxylation sites is 2. The Hall–Kier alpha value is -6.00. The van der Waals surface area contributed by atoms with Crippen LogP contribution in [0.2, 0.25) is 0 Å². The monoisotopic (exact) mass is 710 g/mol. The minimum Gasteiger partial charge on any atom is -0.468 e. The minimum absolute atomic E-state index is 0.0576. The first-order valence-corrected chi connectivity index (χ1v) is 19.8. The van der Waals surface area contributed by atoms with E-state index in [1.807, 2.05) is 0 Å². The largest absolute Gasteiger partial charge is 0.468 e. The molecule has 2 aliphatic heterocycles. The molecule has 55 heavy (non-hydrogen) atoms. The SMILES string of the molecule is Cc1cc2c3c(c1)N(c1ccc(-c4ccccc4)c4ccccc14)c1c(oc4cc5c(cc14)C(C)(C)CCC5(C)C)B3c1ccccc1N2c1ccccc1. The predicted octanol–water partition coefficient (Wildman–Crippen LogP) is 12.0. The number of hydrogen-bond acceptors (Lipinski definition) is 3. The second-order valence-corrected chi connectivity index (χ2v) is 17.2. The molecule has 0 unspecified atom stereocenters. The number of hydrogen-bond donors (Lipinski definition) is 0. The summed E-state index contributed by atoms with van der Waals surface area (Å²) in [6, 6.07) is 53.9. The average Bonchev–Trinajstić information content (AvgIpc) is 3.58. The predicted molar refractivity (Wildman–Crippen MR) is 233 cm³/mol. The van der Waals surface area contributed by atoms with Crippen LogP contribution in [0.25, 0.3) is 32.9 Å². The quantitative estimate of drug-likeness (QED) is 0.170. The van der Waals surface area contributed by atoms with Crippen molar-refractivity contribution in [2.45, 2.75) is 58.3 Å².